The molecule has 0 aliphatic carbocycles. The van der Waals surface area contributed by atoms with Crippen LogP contribution in [0.15, 0.2) is 0 Å². The smallest absolute Gasteiger partial charge is 0.331 e. The molecule has 0 aromatic rings. The first-order chi connectivity index (χ1) is 13.3. The molecule has 0 rings (SSSR count). The number of carbonyl (C=O) groups excluding carboxylic acids is 1. The highest BCUT2D eigenvalue weighted by molar-refractivity contribution is 14.1. The van der Waals surface area contributed by atoms with Gasteiger partial charge in [0.05, 0.1) is 93.0 Å². The van der Waals surface area contributed by atoms with Crippen molar-refractivity contribution in [1.29, 1.82) is 0 Å². The van der Waals surface area contributed by atoms with Crippen LogP contribution in [0.1, 0.15) is 0 Å². The molecule has 0 atom stereocenters. The van der Waals surface area contributed by atoms with Crippen LogP contribution in [0, 0.1) is 0 Å². The fourth-order valence-electron chi connectivity index (χ4n) is 1.59. The van der Waals surface area contributed by atoms with Gasteiger partial charge in [0.25, 0.3) is 0 Å². The zero-order chi connectivity index (χ0) is 19.8. The lowest BCUT2D eigenvalue weighted by atomic mass is 10.6. The van der Waals surface area contributed by atoms with E-state index >= 15 is 0 Å². The van der Waals surface area contributed by atoms with Gasteiger partial charge in [-0.15, -0.1) is 0 Å². The lowest BCUT2D eigenvalue weighted by molar-refractivity contribution is -0.146. The summed E-state index contributed by atoms with van der Waals surface area (Å²) in [5.74, 6) is -0.398. The van der Waals surface area contributed by atoms with Crippen molar-refractivity contribution in [2.24, 2.45) is 0 Å². The van der Waals surface area contributed by atoms with E-state index in [1.165, 1.54) is 7.11 Å². The summed E-state index contributed by atoms with van der Waals surface area (Å²) >= 11 is 2.27. The minimum Gasteiger partial charge on any atom is -0.467 e. The van der Waals surface area contributed by atoms with Crippen molar-refractivity contribution in [2.45, 2.75) is 0 Å². The maximum atomic E-state index is 10.8. The van der Waals surface area contributed by atoms with Crippen molar-refractivity contribution in [3.8, 4) is 0 Å². The Morgan fingerprint density at radius 3 is 1.15 bits per heavy atom. The molecule has 0 saturated heterocycles. The van der Waals surface area contributed by atoms with E-state index in [0.29, 0.717) is 79.3 Å². The van der Waals surface area contributed by atoms with E-state index < -0.39 is 5.97 Å². The van der Waals surface area contributed by atoms with E-state index in [2.05, 4.69) is 27.3 Å². The van der Waals surface area contributed by atoms with Gasteiger partial charge >= 0.3 is 5.97 Å². The first kappa shape index (κ1) is 26.9. The second-order valence-electron chi connectivity index (χ2n) is 4.99. The maximum Gasteiger partial charge on any atom is 0.331 e. The summed E-state index contributed by atoms with van der Waals surface area (Å²) in [6.45, 7) is 6.80. The zero-order valence-corrected chi connectivity index (χ0v) is 18.3. The van der Waals surface area contributed by atoms with E-state index in [0.717, 1.165) is 11.0 Å². The Labute approximate surface area is 175 Å². The van der Waals surface area contributed by atoms with Gasteiger partial charge in [-0.2, -0.15) is 0 Å². The van der Waals surface area contributed by atoms with Gasteiger partial charge in [-0.1, -0.05) is 22.6 Å². The Morgan fingerprint density at radius 1 is 0.556 bits per heavy atom. The van der Waals surface area contributed by atoms with E-state index in [1.807, 2.05) is 0 Å². The van der Waals surface area contributed by atoms with Crippen LogP contribution < -0.4 is 0 Å². The number of carbonyl (C=O) groups is 1. The van der Waals surface area contributed by atoms with E-state index in [1.54, 1.807) is 0 Å². The van der Waals surface area contributed by atoms with Gasteiger partial charge in [-0.3, -0.25) is 0 Å². The highest BCUT2D eigenvalue weighted by Gasteiger charge is 1.99. The molecule has 0 N–H and O–H groups in total. The van der Waals surface area contributed by atoms with Crippen molar-refractivity contribution in [3.63, 3.8) is 0 Å². The number of alkyl halides is 1. The van der Waals surface area contributed by atoms with Crippen molar-refractivity contribution in [1.82, 2.24) is 0 Å². The second kappa shape index (κ2) is 24.0. The molecule has 0 aromatic carbocycles. The van der Waals surface area contributed by atoms with Gasteiger partial charge in [0.1, 0.15) is 6.61 Å². The molecule has 9 nitrogen and oxygen atoms in total. The first-order valence-corrected chi connectivity index (χ1v) is 10.5. The molecule has 0 bridgehead atoms. The highest BCUT2D eigenvalue weighted by Crippen LogP contribution is 1.86. The summed E-state index contributed by atoms with van der Waals surface area (Å²) in [6.07, 6.45) is 0. The predicted octanol–water partition coefficient (Wildman–Crippen LogP) is 0.711. The predicted molar refractivity (Wildman–Crippen MR) is 107 cm³/mol. The van der Waals surface area contributed by atoms with Gasteiger partial charge in [0, 0.05) is 4.43 Å². The van der Waals surface area contributed by atoms with Crippen LogP contribution in [-0.4, -0.2) is 110 Å². The highest BCUT2D eigenvalue weighted by atomic mass is 127. The van der Waals surface area contributed by atoms with Crippen LogP contribution in [0.3, 0.4) is 0 Å². The van der Waals surface area contributed by atoms with Crippen LogP contribution in [0.25, 0.3) is 0 Å². The molecule has 10 heteroatoms. The molecule has 0 spiro atoms. The standard InChI is InChI=1S/C17H33IO9/c1-20-17(19)16-27-15-14-26-13-12-25-11-10-24-9-8-23-7-6-22-5-4-21-3-2-18/h2-16H2,1H3. The number of halogens is 1. The second-order valence-corrected chi connectivity index (χ2v) is 6.07. The molecule has 27 heavy (non-hydrogen) atoms. The number of hydrogen-bond donors (Lipinski definition) is 0. The average molecular weight is 508 g/mol. The summed E-state index contributed by atoms with van der Waals surface area (Å²) in [5.41, 5.74) is 0. The van der Waals surface area contributed by atoms with Gasteiger partial charge < -0.3 is 37.9 Å². The van der Waals surface area contributed by atoms with Crippen LogP contribution in [0.2, 0.25) is 0 Å². The minimum atomic E-state index is -0.398. The molecule has 0 saturated carbocycles. The number of ether oxygens (including phenoxy) is 8. The fourth-order valence-corrected chi connectivity index (χ4v) is 1.90. The van der Waals surface area contributed by atoms with Crippen molar-refractivity contribution >= 4 is 28.6 Å². The number of rotatable bonds is 22. The maximum absolute atomic E-state index is 10.8. The number of hydrogen-bond acceptors (Lipinski definition) is 9. The third kappa shape index (κ3) is 23.9. The molecule has 0 aliphatic heterocycles. The Kier molecular flexibility index (Phi) is 23.9. The molecule has 162 valence electrons. The summed E-state index contributed by atoms with van der Waals surface area (Å²) in [5, 5.41) is 0. The molecule has 0 aliphatic rings. The molecule has 0 amide bonds. The first-order valence-electron chi connectivity index (χ1n) is 8.98. The molecular weight excluding hydrogens is 475 g/mol. The topological polar surface area (TPSA) is 90.9 Å². The number of methoxy groups -OCH3 is 1. The zero-order valence-electron chi connectivity index (χ0n) is 16.2. The summed E-state index contributed by atoms with van der Waals surface area (Å²) in [7, 11) is 1.32. The van der Waals surface area contributed by atoms with Crippen LogP contribution in [0.5, 0.6) is 0 Å². The third-order valence-corrected chi connectivity index (χ3v) is 3.34. The quantitative estimate of drug-likeness (QED) is 0.0908. The SMILES string of the molecule is COC(=O)COCCOCCOCCOCCOCCOCCOCCI. The van der Waals surface area contributed by atoms with Gasteiger partial charge in [-0.05, 0) is 0 Å². The molecule has 0 fully saturated rings. The molecule has 0 heterocycles. The normalized spacial score (nSPS) is 11.0. The van der Waals surface area contributed by atoms with E-state index in [-0.39, 0.29) is 6.61 Å². The Morgan fingerprint density at radius 2 is 0.852 bits per heavy atom. The van der Waals surface area contributed by atoms with Gasteiger partial charge in [0.2, 0.25) is 0 Å². The lowest BCUT2D eigenvalue weighted by Gasteiger charge is -2.08. The molecule has 0 radical (unpaired) electrons. The molecular formula is C17H33IO9. The fraction of sp³-hybridized carbons (Fsp3) is 0.941. The number of esters is 1. The molecule has 0 aromatic heterocycles. The lowest BCUT2D eigenvalue weighted by Crippen LogP contribution is -2.15. The van der Waals surface area contributed by atoms with Crippen molar-refractivity contribution < 1.29 is 42.7 Å². The average Bonchev–Trinajstić information content (AvgIpc) is 2.68. The Hall–Kier alpha value is -0.0800. The van der Waals surface area contributed by atoms with Crippen molar-refractivity contribution in [3.05, 3.63) is 0 Å². The largest absolute Gasteiger partial charge is 0.467 e. The van der Waals surface area contributed by atoms with E-state index in [4.69, 9.17) is 33.2 Å². The van der Waals surface area contributed by atoms with Crippen molar-refractivity contribution in [2.75, 3.05) is 104 Å². The van der Waals surface area contributed by atoms with Gasteiger partial charge in [0.15, 0.2) is 0 Å². The molecule has 0 unspecified atom stereocenters. The van der Waals surface area contributed by atoms with Crippen LogP contribution in [0.4, 0.5) is 0 Å². The Bertz CT molecular complexity index is 308. The third-order valence-electron chi connectivity index (χ3n) is 2.90. The Balaban J connectivity index is 3.00. The minimum absolute atomic E-state index is 0.0573. The summed E-state index contributed by atoms with van der Waals surface area (Å²) in [4.78, 5) is 10.8. The van der Waals surface area contributed by atoms with E-state index in [9.17, 15) is 4.79 Å². The monoisotopic (exact) mass is 508 g/mol. The van der Waals surface area contributed by atoms with Crippen LogP contribution >= 0.6 is 22.6 Å². The summed E-state index contributed by atoms with van der Waals surface area (Å²) < 4.78 is 42.5. The van der Waals surface area contributed by atoms with Crippen LogP contribution in [-0.2, 0) is 42.7 Å². The van der Waals surface area contributed by atoms with Gasteiger partial charge in [-0.25, -0.2) is 4.79 Å². The summed E-state index contributed by atoms with van der Waals surface area (Å²) in [6, 6.07) is 0.